The van der Waals surface area contributed by atoms with E-state index in [4.69, 9.17) is 4.52 Å². The third kappa shape index (κ3) is 1.58. The van der Waals surface area contributed by atoms with Gasteiger partial charge in [-0.2, -0.15) is 0 Å². The topological polar surface area (TPSA) is 46.3 Å². The molecule has 2 aliphatic rings. The van der Waals surface area contributed by atoms with Gasteiger partial charge in [-0.3, -0.25) is 4.79 Å². The fourth-order valence-corrected chi connectivity index (χ4v) is 4.37. The molecule has 5 heteroatoms. The van der Waals surface area contributed by atoms with E-state index in [1.807, 2.05) is 6.92 Å². The van der Waals surface area contributed by atoms with Crippen molar-refractivity contribution >= 4 is 28.6 Å². The van der Waals surface area contributed by atoms with E-state index in [9.17, 15) is 4.79 Å². The molecule has 1 unspecified atom stereocenters. The molecule has 1 saturated heterocycles. The van der Waals surface area contributed by atoms with Crippen molar-refractivity contribution in [3.8, 4) is 0 Å². The summed E-state index contributed by atoms with van der Waals surface area (Å²) in [5.74, 6) is 2.70. The summed E-state index contributed by atoms with van der Waals surface area (Å²) in [6, 6.07) is 0.0652. The first kappa shape index (κ1) is 11.6. The van der Waals surface area contributed by atoms with Gasteiger partial charge in [0.15, 0.2) is 0 Å². The van der Waals surface area contributed by atoms with Crippen molar-refractivity contribution in [1.82, 2.24) is 8.27 Å². The Hall–Kier alpha value is -0.430. The molecule has 0 bridgehead atoms. The lowest BCUT2D eigenvalue weighted by molar-refractivity contribution is -0.120. The molecular formula is C12H15IN2O2. The number of nitrogens with zero attached hydrogens (tertiary/aromatic N) is 2. The molecule has 1 aromatic heterocycles. The van der Waals surface area contributed by atoms with E-state index in [0.717, 1.165) is 23.6 Å². The standard InChI is InChI=1S/C12H15IN2O2/c1-5-6(2)14-17-12(5)10-8-4-15(13)11(7(3)16)9(8)10/h8-11H,4H2,1-3H3/t8-,9+,10?,11+/m0/s1. The summed E-state index contributed by atoms with van der Waals surface area (Å²) in [6.45, 7) is 6.69. The second kappa shape index (κ2) is 3.78. The molecule has 4 nitrogen and oxygen atoms in total. The lowest BCUT2D eigenvalue weighted by atomic mass is 10.0. The summed E-state index contributed by atoms with van der Waals surface area (Å²) in [5, 5.41) is 4.02. The number of hydrogen-bond acceptors (Lipinski definition) is 4. The minimum absolute atomic E-state index is 0.0652. The summed E-state index contributed by atoms with van der Waals surface area (Å²) < 4.78 is 7.58. The van der Waals surface area contributed by atoms with Crippen molar-refractivity contribution in [3.63, 3.8) is 0 Å². The summed E-state index contributed by atoms with van der Waals surface area (Å²) in [6.07, 6.45) is 0. The Morgan fingerprint density at radius 3 is 2.76 bits per heavy atom. The van der Waals surface area contributed by atoms with Crippen molar-refractivity contribution in [2.45, 2.75) is 32.7 Å². The highest BCUT2D eigenvalue weighted by Crippen LogP contribution is 2.62. The summed E-state index contributed by atoms with van der Waals surface area (Å²) in [7, 11) is 0. The SMILES string of the molecule is CC(=O)[C@@H]1[C@H]2C(c3onc(C)c3C)[C@H]2CN1I. The first-order valence-corrected chi connectivity index (χ1v) is 6.84. The third-order valence-corrected chi connectivity index (χ3v) is 5.19. The van der Waals surface area contributed by atoms with Crippen LogP contribution in [0.25, 0.3) is 0 Å². The Labute approximate surface area is 114 Å². The van der Waals surface area contributed by atoms with Crippen LogP contribution >= 0.6 is 22.9 Å². The molecule has 1 saturated carbocycles. The quantitative estimate of drug-likeness (QED) is 0.609. The number of fused-ring (bicyclic) bond motifs is 1. The summed E-state index contributed by atoms with van der Waals surface area (Å²) in [5.41, 5.74) is 2.13. The molecule has 0 N–H and O–H groups in total. The van der Waals surface area contributed by atoms with Crippen molar-refractivity contribution in [1.29, 1.82) is 0 Å². The molecule has 0 aromatic carbocycles. The lowest BCUT2D eigenvalue weighted by Gasteiger charge is -2.19. The molecule has 2 heterocycles. The van der Waals surface area contributed by atoms with Crippen LogP contribution in [0.15, 0.2) is 4.52 Å². The largest absolute Gasteiger partial charge is 0.361 e. The van der Waals surface area contributed by atoms with Crippen molar-refractivity contribution in [2.24, 2.45) is 11.8 Å². The first-order chi connectivity index (χ1) is 8.02. The highest BCUT2D eigenvalue weighted by atomic mass is 127. The average molecular weight is 346 g/mol. The van der Waals surface area contributed by atoms with Gasteiger partial charge >= 0.3 is 0 Å². The summed E-state index contributed by atoms with van der Waals surface area (Å²) in [4.78, 5) is 11.7. The average Bonchev–Trinajstić information content (AvgIpc) is 2.64. The molecule has 4 atom stereocenters. The van der Waals surface area contributed by atoms with E-state index in [-0.39, 0.29) is 11.8 Å². The van der Waals surface area contributed by atoms with Gasteiger partial charge in [0, 0.05) is 40.9 Å². The number of halogens is 1. The summed E-state index contributed by atoms with van der Waals surface area (Å²) >= 11 is 2.26. The van der Waals surface area contributed by atoms with Crippen LogP contribution in [0.3, 0.4) is 0 Å². The Morgan fingerprint density at radius 1 is 1.53 bits per heavy atom. The van der Waals surface area contributed by atoms with Gasteiger partial charge in [-0.1, -0.05) is 5.16 Å². The Bertz CT molecular complexity index is 485. The van der Waals surface area contributed by atoms with E-state index < -0.39 is 0 Å². The van der Waals surface area contributed by atoms with Gasteiger partial charge in [-0.05, 0) is 32.6 Å². The molecule has 1 aromatic rings. The maximum Gasteiger partial charge on any atom is 0.148 e. The molecular weight excluding hydrogens is 331 g/mol. The molecule has 0 spiro atoms. The zero-order valence-corrected chi connectivity index (χ0v) is 12.3. The molecule has 92 valence electrons. The molecule has 0 amide bonds. The minimum Gasteiger partial charge on any atom is -0.361 e. The van der Waals surface area contributed by atoms with Crippen molar-refractivity contribution in [2.75, 3.05) is 6.54 Å². The van der Waals surface area contributed by atoms with Crippen LogP contribution in [0, 0.1) is 25.7 Å². The fourth-order valence-electron chi connectivity index (χ4n) is 3.15. The zero-order valence-electron chi connectivity index (χ0n) is 10.1. The second-order valence-electron chi connectivity index (χ2n) is 5.16. The fraction of sp³-hybridized carbons (Fsp3) is 0.667. The number of aryl methyl sites for hydroxylation is 1. The van der Waals surface area contributed by atoms with Crippen LogP contribution in [0.5, 0.6) is 0 Å². The number of piperidine rings is 1. The van der Waals surface area contributed by atoms with Crippen LogP contribution in [0.4, 0.5) is 0 Å². The van der Waals surface area contributed by atoms with Crippen molar-refractivity contribution in [3.05, 3.63) is 17.0 Å². The van der Waals surface area contributed by atoms with Gasteiger partial charge in [-0.25, -0.2) is 3.11 Å². The maximum atomic E-state index is 11.7. The molecule has 1 aliphatic heterocycles. The number of carbonyl (C=O) groups excluding carboxylic acids is 1. The molecule has 2 fully saturated rings. The van der Waals surface area contributed by atoms with Gasteiger partial charge in [0.2, 0.25) is 0 Å². The molecule has 0 radical (unpaired) electrons. The van der Waals surface area contributed by atoms with Crippen LogP contribution < -0.4 is 0 Å². The third-order valence-electron chi connectivity index (χ3n) is 4.19. The van der Waals surface area contributed by atoms with Crippen LogP contribution in [-0.2, 0) is 4.79 Å². The molecule has 3 rings (SSSR count). The smallest absolute Gasteiger partial charge is 0.148 e. The minimum atomic E-state index is 0.0652. The van der Waals surface area contributed by atoms with E-state index in [2.05, 4.69) is 38.1 Å². The Balaban J connectivity index is 1.87. The molecule has 1 aliphatic carbocycles. The second-order valence-corrected chi connectivity index (χ2v) is 6.40. The highest BCUT2D eigenvalue weighted by molar-refractivity contribution is 14.1. The number of ketones is 1. The number of Topliss-reactive ketones (excluding diaryl/α,β-unsaturated/α-hetero) is 1. The Kier molecular flexibility index (Phi) is 2.59. The van der Waals surface area contributed by atoms with Gasteiger partial charge in [-0.15, -0.1) is 0 Å². The first-order valence-electron chi connectivity index (χ1n) is 5.88. The van der Waals surface area contributed by atoms with E-state index in [1.54, 1.807) is 6.92 Å². The number of rotatable bonds is 2. The van der Waals surface area contributed by atoms with Crippen LogP contribution in [-0.4, -0.2) is 26.6 Å². The predicted octanol–water partition coefficient (Wildman–Crippen LogP) is 2.24. The van der Waals surface area contributed by atoms with E-state index in [0.29, 0.717) is 17.8 Å². The number of hydrogen-bond donors (Lipinski definition) is 0. The highest BCUT2D eigenvalue weighted by Gasteiger charge is 2.64. The van der Waals surface area contributed by atoms with Crippen LogP contribution in [0.2, 0.25) is 0 Å². The number of carbonyl (C=O) groups is 1. The number of aromatic nitrogens is 1. The Morgan fingerprint density at radius 2 is 2.24 bits per heavy atom. The monoisotopic (exact) mass is 346 g/mol. The molecule has 17 heavy (non-hydrogen) atoms. The van der Waals surface area contributed by atoms with E-state index in [1.165, 1.54) is 0 Å². The van der Waals surface area contributed by atoms with Gasteiger partial charge in [0.05, 0.1) is 11.7 Å². The zero-order chi connectivity index (χ0) is 12.3. The normalized spacial score (nSPS) is 36.0. The van der Waals surface area contributed by atoms with Gasteiger partial charge in [0.25, 0.3) is 0 Å². The van der Waals surface area contributed by atoms with Crippen LogP contribution in [0.1, 0.15) is 29.9 Å². The van der Waals surface area contributed by atoms with Gasteiger partial charge in [0.1, 0.15) is 11.5 Å². The van der Waals surface area contributed by atoms with Gasteiger partial charge < -0.3 is 4.52 Å². The predicted molar refractivity (Wildman–Crippen MR) is 70.9 cm³/mol. The lowest BCUT2D eigenvalue weighted by Crippen LogP contribution is -2.32. The maximum absolute atomic E-state index is 11.7. The van der Waals surface area contributed by atoms with E-state index >= 15 is 0 Å². The van der Waals surface area contributed by atoms with Crippen molar-refractivity contribution < 1.29 is 9.32 Å².